The second kappa shape index (κ2) is 5.54. The summed E-state index contributed by atoms with van der Waals surface area (Å²) in [5.74, 6) is -0.258. The lowest BCUT2D eigenvalue weighted by Gasteiger charge is -2.14. The highest BCUT2D eigenvalue weighted by Gasteiger charge is 2.18. The van der Waals surface area contributed by atoms with E-state index in [1.165, 1.54) is 0 Å². The van der Waals surface area contributed by atoms with Crippen LogP contribution >= 0.6 is 0 Å². The fraction of sp³-hybridized carbons (Fsp3) is 0.308. The number of rotatable bonds is 4. The van der Waals surface area contributed by atoms with Gasteiger partial charge in [0.05, 0.1) is 0 Å². The molecule has 0 aromatic heterocycles. The van der Waals surface area contributed by atoms with E-state index in [0.29, 0.717) is 23.8 Å². The number of carbonyl (C=O) groups is 1. The number of aldehydes is 1. The van der Waals surface area contributed by atoms with Crippen LogP contribution in [0.1, 0.15) is 36.2 Å². The van der Waals surface area contributed by atoms with E-state index in [9.17, 15) is 13.6 Å². The molecule has 0 aliphatic rings. The normalized spacial score (nSPS) is 12.0. The van der Waals surface area contributed by atoms with Gasteiger partial charge in [0.1, 0.15) is 0 Å². The van der Waals surface area contributed by atoms with E-state index < -0.39 is 6.08 Å². The van der Waals surface area contributed by atoms with Gasteiger partial charge in [-0.2, -0.15) is 8.78 Å². The molecule has 0 bridgehead atoms. The maximum absolute atomic E-state index is 12.9. The summed E-state index contributed by atoms with van der Waals surface area (Å²) in [4.78, 5) is 10.8. The number of benzene rings is 1. The molecule has 0 radical (unpaired) electrons. The van der Waals surface area contributed by atoms with Crippen LogP contribution in [0.2, 0.25) is 0 Å². The summed E-state index contributed by atoms with van der Waals surface area (Å²) in [5.41, 5.74) is 0.627. The van der Waals surface area contributed by atoms with Crippen molar-refractivity contribution in [1.82, 2.24) is 0 Å². The Morgan fingerprint density at radius 2 is 2.00 bits per heavy atom. The van der Waals surface area contributed by atoms with Crippen molar-refractivity contribution < 1.29 is 13.6 Å². The van der Waals surface area contributed by atoms with Gasteiger partial charge < -0.3 is 0 Å². The molecule has 0 fully saturated rings. The van der Waals surface area contributed by atoms with Gasteiger partial charge >= 0.3 is 0 Å². The van der Waals surface area contributed by atoms with Crippen molar-refractivity contribution in [3.63, 3.8) is 0 Å². The Morgan fingerprint density at radius 1 is 1.38 bits per heavy atom. The third kappa shape index (κ3) is 2.54. The van der Waals surface area contributed by atoms with Crippen molar-refractivity contribution in [2.24, 2.45) is 5.92 Å². The molecule has 16 heavy (non-hydrogen) atoms. The molecule has 1 nitrogen and oxygen atoms in total. The minimum Gasteiger partial charge on any atom is -0.298 e. The molecule has 0 N–H and O–H groups in total. The van der Waals surface area contributed by atoms with Crippen LogP contribution in [-0.2, 0) is 0 Å². The lowest BCUT2D eigenvalue weighted by molar-refractivity contribution is 0.112. The summed E-state index contributed by atoms with van der Waals surface area (Å²) < 4.78 is 25.8. The highest BCUT2D eigenvalue weighted by atomic mass is 19.3. The predicted molar refractivity (Wildman–Crippen MR) is 60.4 cm³/mol. The molecule has 1 unspecified atom stereocenters. The van der Waals surface area contributed by atoms with Gasteiger partial charge in [-0.1, -0.05) is 38.1 Å². The molecule has 0 saturated heterocycles. The largest absolute Gasteiger partial charge is 0.298 e. The van der Waals surface area contributed by atoms with E-state index in [4.69, 9.17) is 0 Å². The zero-order chi connectivity index (χ0) is 12.1. The summed E-state index contributed by atoms with van der Waals surface area (Å²) in [5, 5.41) is 0. The first kappa shape index (κ1) is 12.6. The lowest BCUT2D eigenvalue weighted by atomic mass is 9.90. The molecule has 1 aromatic carbocycles. The van der Waals surface area contributed by atoms with Crippen LogP contribution in [0.5, 0.6) is 0 Å². The van der Waals surface area contributed by atoms with Gasteiger partial charge in [-0.15, -0.1) is 0 Å². The van der Waals surface area contributed by atoms with Crippen molar-refractivity contribution in [3.8, 4) is 0 Å². The van der Waals surface area contributed by atoms with Gasteiger partial charge in [-0.25, -0.2) is 0 Å². The first-order chi connectivity index (χ1) is 7.61. The molecule has 0 spiro atoms. The highest BCUT2D eigenvalue weighted by molar-refractivity contribution is 5.86. The summed E-state index contributed by atoms with van der Waals surface area (Å²) in [7, 11) is 0. The van der Waals surface area contributed by atoms with Crippen molar-refractivity contribution in [1.29, 1.82) is 0 Å². The molecule has 0 aliphatic heterocycles. The lowest BCUT2D eigenvalue weighted by Crippen LogP contribution is -2.01. The van der Waals surface area contributed by atoms with Crippen LogP contribution in [0.4, 0.5) is 8.78 Å². The number of allylic oxidation sites excluding steroid dienone is 1. The van der Waals surface area contributed by atoms with Gasteiger partial charge in [-0.05, 0) is 17.9 Å². The first-order valence-electron chi connectivity index (χ1n) is 5.21. The minimum atomic E-state index is -1.70. The molecule has 0 aliphatic carbocycles. The maximum atomic E-state index is 12.9. The van der Waals surface area contributed by atoms with Crippen LogP contribution in [0.25, 0.3) is 5.57 Å². The van der Waals surface area contributed by atoms with E-state index in [1.54, 1.807) is 31.2 Å². The second-order valence-corrected chi connectivity index (χ2v) is 3.69. The minimum absolute atomic E-state index is 0.0230. The maximum Gasteiger partial charge on any atom is 0.274 e. The van der Waals surface area contributed by atoms with E-state index in [-0.39, 0.29) is 11.5 Å². The van der Waals surface area contributed by atoms with E-state index in [0.717, 1.165) is 0 Å². The second-order valence-electron chi connectivity index (χ2n) is 3.69. The average Bonchev–Trinajstić information content (AvgIpc) is 2.29. The molecular weight excluding hydrogens is 210 g/mol. The highest BCUT2D eigenvalue weighted by Crippen LogP contribution is 2.31. The summed E-state index contributed by atoms with van der Waals surface area (Å²) in [6.07, 6.45) is -0.482. The quantitative estimate of drug-likeness (QED) is 0.702. The van der Waals surface area contributed by atoms with Gasteiger partial charge in [0, 0.05) is 11.1 Å². The standard InChI is InChI=1S/C13H14F2O/c1-3-9(2)12(13(14)15)11-7-5-4-6-10(11)8-16/h4-9H,3H2,1-2H3. The fourth-order valence-electron chi connectivity index (χ4n) is 1.60. The van der Waals surface area contributed by atoms with Gasteiger partial charge in [0.25, 0.3) is 6.08 Å². The molecule has 1 rings (SSSR count). The number of halogens is 2. The third-order valence-electron chi connectivity index (χ3n) is 2.69. The molecule has 0 amide bonds. The molecular formula is C13H14F2O. The molecule has 1 atom stereocenters. The van der Waals surface area contributed by atoms with Crippen LogP contribution in [0.15, 0.2) is 30.3 Å². The van der Waals surface area contributed by atoms with Crippen molar-refractivity contribution >= 4 is 11.9 Å². The Balaban J connectivity index is 3.33. The van der Waals surface area contributed by atoms with Crippen LogP contribution in [0.3, 0.4) is 0 Å². The summed E-state index contributed by atoms with van der Waals surface area (Å²) in [6.45, 7) is 3.58. The van der Waals surface area contributed by atoms with Crippen molar-refractivity contribution in [2.45, 2.75) is 20.3 Å². The smallest absolute Gasteiger partial charge is 0.274 e. The third-order valence-corrected chi connectivity index (χ3v) is 2.69. The zero-order valence-corrected chi connectivity index (χ0v) is 9.34. The molecule has 1 aromatic rings. The van der Waals surface area contributed by atoms with Gasteiger partial charge in [0.2, 0.25) is 0 Å². The number of carbonyl (C=O) groups excluding carboxylic acids is 1. The Bertz CT molecular complexity index is 406. The number of hydrogen-bond acceptors (Lipinski definition) is 1. The Labute approximate surface area is 93.8 Å². The molecule has 0 saturated carbocycles. The average molecular weight is 224 g/mol. The van der Waals surface area contributed by atoms with Crippen LogP contribution in [0, 0.1) is 5.92 Å². The molecule has 3 heteroatoms. The monoisotopic (exact) mass is 224 g/mol. The van der Waals surface area contributed by atoms with Crippen molar-refractivity contribution in [2.75, 3.05) is 0 Å². The van der Waals surface area contributed by atoms with E-state index in [1.807, 2.05) is 6.92 Å². The molecule has 86 valence electrons. The van der Waals surface area contributed by atoms with Crippen LogP contribution < -0.4 is 0 Å². The van der Waals surface area contributed by atoms with Gasteiger partial charge in [0.15, 0.2) is 6.29 Å². The summed E-state index contributed by atoms with van der Waals surface area (Å²) in [6, 6.07) is 6.43. The van der Waals surface area contributed by atoms with Gasteiger partial charge in [-0.3, -0.25) is 4.79 Å². The fourth-order valence-corrected chi connectivity index (χ4v) is 1.60. The first-order valence-corrected chi connectivity index (χ1v) is 5.21. The topological polar surface area (TPSA) is 17.1 Å². The summed E-state index contributed by atoms with van der Waals surface area (Å²) >= 11 is 0. The Hall–Kier alpha value is -1.51. The van der Waals surface area contributed by atoms with Crippen LogP contribution in [-0.4, -0.2) is 6.29 Å². The van der Waals surface area contributed by atoms with E-state index >= 15 is 0 Å². The number of hydrogen-bond donors (Lipinski definition) is 0. The Kier molecular flexibility index (Phi) is 4.35. The van der Waals surface area contributed by atoms with Crippen molar-refractivity contribution in [3.05, 3.63) is 41.5 Å². The zero-order valence-electron chi connectivity index (χ0n) is 9.34. The van der Waals surface area contributed by atoms with E-state index in [2.05, 4.69) is 0 Å². The molecule has 0 heterocycles. The Morgan fingerprint density at radius 3 is 2.50 bits per heavy atom. The SMILES string of the molecule is CCC(C)C(=C(F)F)c1ccccc1C=O. The predicted octanol–water partition coefficient (Wildman–Crippen LogP) is 4.15.